The number of nitrogens with one attached hydrogen (secondary N) is 1. The second-order valence-corrected chi connectivity index (χ2v) is 5.50. The Morgan fingerprint density at radius 1 is 1.52 bits per heavy atom. The van der Waals surface area contributed by atoms with E-state index in [0.29, 0.717) is 12.1 Å². The summed E-state index contributed by atoms with van der Waals surface area (Å²) in [6.07, 6.45) is -0.976. The molecule has 1 saturated heterocycles. The van der Waals surface area contributed by atoms with Gasteiger partial charge in [0.15, 0.2) is 0 Å². The van der Waals surface area contributed by atoms with E-state index in [9.17, 15) is 14.7 Å². The van der Waals surface area contributed by atoms with E-state index in [4.69, 9.17) is 7.48 Å². The smallest absolute Gasteiger partial charge is 0.407 e. The van der Waals surface area contributed by atoms with Crippen molar-refractivity contribution in [2.45, 2.75) is 32.5 Å². The molecule has 112 valence electrons. The first-order valence-corrected chi connectivity index (χ1v) is 6.82. The molecular weight excluding hydrogens is 272 g/mol. The van der Waals surface area contributed by atoms with Gasteiger partial charge in [0.25, 0.3) is 0 Å². The van der Waals surface area contributed by atoms with E-state index in [0.717, 1.165) is 5.56 Å². The number of esters is 1. The molecule has 0 aliphatic carbocycles. The molecule has 0 bridgehead atoms. The number of carbonyl (C=O) groups excluding carboxylic acids is 1. The topological polar surface area (TPSA) is 78.9 Å². The molecule has 1 fully saturated rings. The minimum atomic E-state index is -2.15. The number of carbonyl (C=O) groups is 2. The average molecular weight is 292 g/mol. The molecule has 6 nitrogen and oxygen atoms in total. The molecule has 2 aliphatic rings. The van der Waals surface area contributed by atoms with Crippen molar-refractivity contribution in [1.29, 1.82) is 0 Å². The van der Waals surface area contributed by atoms with Crippen LogP contribution in [0.1, 0.15) is 42.8 Å². The highest BCUT2D eigenvalue weighted by molar-refractivity contribution is 5.94. The van der Waals surface area contributed by atoms with Gasteiger partial charge in [-0.25, -0.2) is 9.59 Å². The Hall–Kier alpha value is -2.08. The van der Waals surface area contributed by atoms with Crippen LogP contribution in [0.4, 0.5) is 4.79 Å². The summed E-state index contributed by atoms with van der Waals surface area (Å²) in [5.74, 6) is -0.670. The summed E-state index contributed by atoms with van der Waals surface area (Å²) >= 11 is 0. The van der Waals surface area contributed by atoms with Crippen LogP contribution in [0.5, 0.6) is 0 Å². The van der Waals surface area contributed by atoms with Crippen LogP contribution < -0.4 is 5.32 Å². The van der Waals surface area contributed by atoms with Crippen LogP contribution in [0.3, 0.4) is 0 Å². The first-order valence-electron chi connectivity index (χ1n) is 7.82. The Morgan fingerprint density at radius 2 is 2.29 bits per heavy atom. The summed E-state index contributed by atoms with van der Waals surface area (Å²) in [6.45, 7) is 2.16. The molecule has 2 heterocycles. The van der Waals surface area contributed by atoms with Crippen LogP contribution in [0.25, 0.3) is 0 Å². The van der Waals surface area contributed by atoms with E-state index >= 15 is 0 Å². The number of rotatable bonds is 1. The highest BCUT2D eigenvalue weighted by Crippen LogP contribution is 2.30. The molecule has 0 spiro atoms. The minimum absolute atomic E-state index is 0.0212. The maximum absolute atomic E-state index is 11.8. The van der Waals surface area contributed by atoms with Crippen molar-refractivity contribution in [2.75, 3.05) is 13.1 Å². The van der Waals surface area contributed by atoms with E-state index in [1.54, 1.807) is 19.1 Å². The SMILES string of the molecule is [2H]C1([2H])OC(=O)c2ccc([C@@H]3CN(C(=O)O)C[C@H](C)N3)c(C)c21. The predicted molar refractivity (Wildman–Crippen MR) is 75.2 cm³/mol. The van der Waals surface area contributed by atoms with Crippen LogP contribution in [0.2, 0.25) is 0 Å². The number of carboxylic acid groups (broad SMARTS) is 1. The van der Waals surface area contributed by atoms with E-state index < -0.39 is 18.6 Å². The lowest BCUT2D eigenvalue weighted by Crippen LogP contribution is -2.52. The lowest BCUT2D eigenvalue weighted by atomic mass is 9.92. The van der Waals surface area contributed by atoms with Crippen molar-refractivity contribution < 1.29 is 22.2 Å². The van der Waals surface area contributed by atoms with Gasteiger partial charge < -0.3 is 20.1 Å². The van der Waals surface area contributed by atoms with Gasteiger partial charge in [-0.15, -0.1) is 0 Å². The van der Waals surface area contributed by atoms with Crippen molar-refractivity contribution in [3.05, 3.63) is 34.4 Å². The van der Waals surface area contributed by atoms with Gasteiger partial charge >= 0.3 is 12.1 Å². The Balaban J connectivity index is 2.02. The van der Waals surface area contributed by atoms with Crippen molar-refractivity contribution in [2.24, 2.45) is 0 Å². The monoisotopic (exact) mass is 292 g/mol. The Labute approximate surface area is 125 Å². The van der Waals surface area contributed by atoms with Gasteiger partial charge in [0, 0.05) is 24.7 Å². The Morgan fingerprint density at radius 3 is 3.00 bits per heavy atom. The molecule has 0 radical (unpaired) electrons. The zero-order valence-electron chi connectivity index (χ0n) is 13.8. The maximum Gasteiger partial charge on any atom is 0.407 e. The van der Waals surface area contributed by atoms with Gasteiger partial charge in [0.1, 0.15) is 6.56 Å². The largest absolute Gasteiger partial charge is 0.465 e. The third-order valence-corrected chi connectivity index (χ3v) is 4.00. The highest BCUT2D eigenvalue weighted by Gasteiger charge is 2.31. The van der Waals surface area contributed by atoms with Gasteiger partial charge in [-0.05, 0) is 31.0 Å². The van der Waals surface area contributed by atoms with Crippen LogP contribution in [-0.4, -0.2) is 41.2 Å². The molecule has 2 N–H and O–H groups in total. The molecule has 3 rings (SSSR count). The fourth-order valence-corrected chi connectivity index (χ4v) is 2.98. The molecule has 1 aromatic rings. The third-order valence-electron chi connectivity index (χ3n) is 4.00. The fraction of sp³-hybridized carbons (Fsp3) is 0.467. The first kappa shape index (κ1) is 11.6. The van der Waals surface area contributed by atoms with Crippen molar-refractivity contribution >= 4 is 12.1 Å². The second-order valence-electron chi connectivity index (χ2n) is 5.50. The van der Waals surface area contributed by atoms with Crippen molar-refractivity contribution in [3.8, 4) is 0 Å². The molecule has 2 atom stereocenters. The van der Waals surface area contributed by atoms with Gasteiger partial charge in [-0.2, -0.15) is 0 Å². The molecule has 0 aromatic heterocycles. The number of ether oxygens (including phenoxy) is 1. The standard InChI is InChI=1S/C15H18N2O4/c1-8-5-17(15(19)20)6-13(16-8)10-3-4-11-12(9(10)2)7-21-14(11)18/h3-4,8,13,16H,5-7H2,1-2H3,(H,19,20)/t8-,13-/m0/s1/i7D2. The fourth-order valence-electron chi connectivity index (χ4n) is 2.98. The number of fused-ring (bicyclic) bond motifs is 1. The molecule has 0 unspecified atom stereocenters. The summed E-state index contributed by atoms with van der Waals surface area (Å²) in [7, 11) is 0. The highest BCUT2D eigenvalue weighted by atomic mass is 16.5. The molecule has 0 saturated carbocycles. The van der Waals surface area contributed by atoms with Crippen molar-refractivity contribution in [1.82, 2.24) is 10.2 Å². The Kier molecular flexibility index (Phi) is 2.77. The van der Waals surface area contributed by atoms with Crippen LogP contribution in [0.15, 0.2) is 12.1 Å². The van der Waals surface area contributed by atoms with Gasteiger partial charge in [-0.1, -0.05) is 6.07 Å². The number of amides is 1. The summed E-state index contributed by atoms with van der Waals surface area (Å²) in [5, 5.41) is 12.6. The molecule has 1 amide bonds. The second kappa shape index (κ2) is 5.04. The number of cyclic esters (lactones) is 1. The number of nitrogens with zero attached hydrogens (tertiary/aromatic N) is 1. The van der Waals surface area contributed by atoms with E-state index in [1.165, 1.54) is 4.90 Å². The number of hydrogen-bond donors (Lipinski definition) is 2. The normalized spacial score (nSPS) is 28.5. The summed E-state index contributed by atoms with van der Waals surface area (Å²) in [4.78, 5) is 24.4. The first-order chi connectivity index (χ1) is 10.7. The molecule has 6 heteroatoms. The predicted octanol–water partition coefficient (Wildman–Crippen LogP) is 1.68. The molecule has 21 heavy (non-hydrogen) atoms. The number of hydrogen-bond acceptors (Lipinski definition) is 4. The third kappa shape index (κ3) is 2.35. The van der Waals surface area contributed by atoms with Gasteiger partial charge in [0.05, 0.1) is 14.3 Å². The lowest BCUT2D eigenvalue weighted by molar-refractivity contribution is 0.0534. The van der Waals surface area contributed by atoms with Gasteiger partial charge in [0.2, 0.25) is 0 Å². The average Bonchev–Trinajstić information content (AvgIpc) is 2.68. The number of piperazine rings is 1. The summed E-state index contributed by atoms with van der Waals surface area (Å²) < 4.78 is 20.6. The number of benzene rings is 1. The van der Waals surface area contributed by atoms with Crippen LogP contribution in [-0.2, 0) is 11.3 Å². The van der Waals surface area contributed by atoms with E-state index in [2.05, 4.69) is 5.32 Å². The zero-order chi connectivity index (χ0) is 16.9. The summed E-state index contributed by atoms with van der Waals surface area (Å²) in [5.41, 5.74) is 1.87. The van der Waals surface area contributed by atoms with Crippen molar-refractivity contribution in [3.63, 3.8) is 0 Å². The molecule has 2 aliphatic heterocycles. The zero-order valence-corrected chi connectivity index (χ0v) is 11.8. The Bertz CT molecular complexity index is 692. The van der Waals surface area contributed by atoms with Gasteiger partial charge in [-0.3, -0.25) is 0 Å². The van der Waals surface area contributed by atoms with Crippen LogP contribution in [0, 0.1) is 6.92 Å². The van der Waals surface area contributed by atoms with E-state index in [1.807, 2.05) is 6.92 Å². The van der Waals surface area contributed by atoms with E-state index in [-0.39, 0.29) is 29.8 Å². The lowest BCUT2D eigenvalue weighted by Gasteiger charge is -2.37. The summed E-state index contributed by atoms with van der Waals surface area (Å²) in [6, 6.07) is 3.02. The maximum atomic E-state index is 11.8. The molecule has 1 aromatic carbocycles. The molecular formula is C15H18N2O4. The quantitative estimate of drug-likeness (QED) is 0.770. The van der Waals surface area contributed by atoms with Crippen LogP contribution >= 0.6 is 0 Å². The minimum Gasteiger partial charge on any atom is -0.465 e.